The van der Waals surface area contributed by atoms with Crippen LogP contribution in [0.3, 0.4) is 0 Å². The molecular formula is C11H19NO. The zero-order valence-corrected chi connectivity index (χ0v) is 8.68. The molecule has 0 N–H and O–H groups in total. The number of rotatable bonds is 1. The number of nitrogens with zero attached hydrogens (tertiary/aromatic N) is 1. The van der Waals surface area contributed by atoms with Crippen molar-refractivity contribution in [2.45, 2.75) is 45.6 Å². The van der Waals surface area contributed by atoms with Gasteiger partial charge in [0.1, 0.15) is 5.78 Å². The Labute approximate surface area is 80.3 Å². The van der Waals surface area contributed by atoms with E-state index >= 15 is 0 Å². The normalized spacial score (nSPS) is 34.3. The molecule has 2 fully saturated rings. The van der Waals surface area contributed by atoms with Gasteiger partial charge in [-0.2, -0.15) is 0 Å². The van der Waals surface area contributed by atoms with Crippen LogP contribution >= 0.6 is 0 Å². The van der Waals surface area contributed by atoms with Gasteiger partial charge in [-0.1, -0.05) is 13.8 Å². The van der Waals surface area contributed by atoms with Crippen LogP contribution in [-0.4, -0.2) is 29.8 Å². The number of hydrogen-bond donors (Lipinski definition) is 0. The molecule has 1 saturated heterocycles. The highest BCUT2D eigenvalue weighted by molar-refractivity contribution is 5.82. The molecule has 1 unspecified atom stereocenters. The third-order valence-electron chi connectivity index (χ3n) is 3.52. The van der Waals surface area contributed by atoms with Crippen LogP contribution in [0.1, 0.15) is 39.5 Å². The van der Waals surface area contributed by atoms with Gasteiger partial charge in [0, 0.05) is 19.0 Å². The zero-order chi connectivity index (χ0) is 9.47. The van der Waals surface area contributed by atoms with E-state index in [0.717, 1.165) is 19.5 Å². The summed E-state index contributed by atoms with van der Waals surface area (Å²) in [5, 5.41) is 0. The van der Waals surface area contributed by atoms with E-state index in [9.17, 15) is 4.79 Å². The van der Waals surface area contributed by atoms with E-state index in [0.29, 0.717) is 17.2 Å². The molecule has 0 aromatic carbocycles. The molecule has 1 aliphatic heterocycles. The van der Waals surface area contributed by atoms with Crippen molar-refractivity contribution < 1.29 is 4.79 Å². The third kappa shape index (κ3) is 1.93. The molecule has 74 valence electrons. The minimum atomic E-state index is 0.435. The fourth-order valence-electron chi connectivity index (χ4n) is 2.68. The molecule has 1 saturated carbocycles. The molecule has 0 radical (unpaired) electrons. The molecule has 0 aromatic rings. The van der Waals surface area contributed by atoms with Crippen molar-refractivity contribution in [3.05, 3.63) is 0 Å². The second kappa shape index (κ2) is 3.09. The molecule has 13 heavy (non-hydrogen) atoms. The van der Waals surface area contributed by atoms with Crippen molar-refractivity contribution in [2.75, 3.05) is 13.1 Å². The Morgan fingerprint density at radius 2 is 2.23 bits per heavy atom. The first-order valence-electron chi connectivity index (χ1n) is 5.33. The van der Waals surface area contributed by atoms with Crippen LogP contribution in [-0.2, 0) is 4.79 Å². The number of ketones is 1. The Morgan fingerprint density at radius 3 is 2.69 bits per heavy atom. The van der Waals surface area contributed by atoms with Crippen LogP contribution in [0.25, 0.3) is 0 Å². The fraction of sp³-hybridized carbons (Fsp3) is 0.909. The van der Waals surface area contributed by atoms with Crippen molar-refractivity contribution in [3.63, 3.8) is 0 Å². The first kappa shape index (κ1) is 9.20. The predicted molar refractivity (Wildman–Crippen MR) is 52.6 cm³/mol. The van der Waals surface area contributed by atoms with Gasteiger partial charge in [0.25, 0.3) is 0 Å². The van der Waals surface area contributed by atoms with Crippen LogP contribution in [0.4, 0.5) is 0 Å². The average Bonchev–Trinajstić information content (AvgIpc) is 2.56. The monoisotopic (exact) mass is 181 g/mol. The molecule has 2 nitrogen and oxygen atoms in total. The standard InChI is InChI=1S/C11H19NO/c1-11(2)5-3-9(7-11)12-6-4-10(13)8-12/h9H,3-8H2,1-2H3. The second-order valence-corrected chi connectivity index (χ2v) is 5.32. The molecule has 0 bridgehead atoms. The SMILES string of the molecule is CC1(C)CCC(N2CCC(=O)C2)C1. The number of likely N-dealkylation sites (tertiary alicyclic amines) is 1. The Kier molecular flexibility index (Phi) is 2.18. The quantitative estimate of drug-likeness (QED) is 0.615. The molecule has 2 heteroatoms. The number of hydrogen-bond acceptors (Lipinski definition) is 2. The first-order valence-corrected chi connectivity index (χ1v) is 5.33. The first-order chi connectivity index (χ1) is 6.07. The molecular weight excluding hydrogens is 162 g/mol. The molecule has 1 aliphatic carbocycles. The summed E-state index contributed by atoms with van der Waals surface area (Å²) in [4.78, 5) is 13.5. The summed E-state index contributed by atoms with van der Waals surface area (Å²) >= 11 is 0. The lowest BCUT2D eigenvalue weighted by atomic mass is 9.91. The van der Waals surface area contributed by atoms with Crippen molar-refractivity contribution >= 4 is 5.78 Å². The lowest BCUT2D eigenvalue weighted by molar-refractivity contribution is -0.117. The van der Waals surface area contributed by atoms with E-state index in [1.165, 1.54) is 19.3 Å². The van der Waals surface area contributed by atoms with E-state index in [1.807, 2.05) is 0 Å². The highest BCUT2D eigenvalue weighted by Crippen LogP contribution is 2.39. The van der Waals surface area contributed by atoms with Crippen LogP contribution in [0.15, 0.2) is 0 Å². The van der Waals surface area contributed by atoms with Crippen molar-refractivity contribution in [1.82, 2.24) is 4.90 Å². The number of carbonyl (C=O) groups excluding carboxylic acids is 1. The Bertz CT molecular complexity index is 222. The molecule has 2 rings (SSSR count). The van der Waals surface area contributed by atoms with Crippen LogP contribution in [0, 0.1) is 5.41 Å². The molecule has 0 amide bonds. The van der Waals surface area contributed by atoms with Gasteiger partial charge in [-0.25, -0.2) is 0 Å². The van der Waals surface area contributed by atoms with Gasteiger partial charge in [0.15, 0.2) is 0 Å². The van der Waals surface area contributed by atoms with Crippen molar-refractivity contribution in [1.29, 1.82) is 0 Å². The Hall–Kier alpha value is -0.370. The second-order valence-electron chi connectivity index (χ2n) is 5.32. The fourth-order valence-corrected chi connectivity index (χ4v) is 2.68. The van der Waals surface area contributed by atoms with Gasteiger partial charge in [0.2, 0.25) is 0 Å². The van der Waals surface area contributed by atoms with Gasteiger partial charge in [-0.05, 0) is 24.7 Å². The summed E-state index contributed by atoms with van der Waals surface area (Å²) < 4.78 is 0. The van der Waals surface area contributed by atoms with Gasteiger partial charge in [-0.15, -0.1) is 0 Å². The van der Waals surface area contributed by atoms with Crippen molar-refractivity contribution in [2.24, 2.45) is 5.41 Å². The third-order valence-corrected chi connectivity index (χ3v) is 3.52. The maximum absolute atomic E-state index is 11.1. The van der Waals surface area contributed by atoms with Crippen molar-refractivity contribution in [3.8, 4) is 0 Å². The maximum Gasteiger partial charge on any atom is 0.148 e. The van der Waals surface area contributed by atoms with E-state index in [-0.39, 0.29) is 0 Å². The van der Waals surface area contributed by atoms with Gasteiger partial charge >= 0.3 is 0 Å². The molecule has 0 spiro atoms. The minimum Gasteiger partial charge on any atom is -0.298 e. The van der Waals surface area contributed by atoms with Crippen LogP contribution in [0.2, 0.25) is 0 Å². The number of Topliss-reactive ketones (excluding diaryl/α,β-unsaturated/α-hetero) is 1. The van der Waals surface area contributed by atoms with E-state index in [1.54, 1.807) is 0 Å². The molecule has 1 atom stereocenters. The van der Waals surface area contributed by atoms with Gasteiger partial charge < -0.3 is 0 Å². The predicted octanol–water partition coefficient (Wildman–Crippen LogP) is 1.84. The summed E-state index contributed by atoms with van der Waals surface area (Å²) in [6.45, 7) is 6.41. The summed E-state index contributed by atoms with van der Waals surface area (Å²) in [5.41, 5.74) is 0.510. The zero-order valence-electron chi connectivity index (χ0n) is 8.68. The summed E-state index contributed by atoms with van der Waals surface area (Å²) in [6.07, 6.45) is 4.68. The lowest BCUT2D eigenvalue weighted by Crippen LogP contribution is -2.32. The average molecular weight is 181 g/mol. The summed E-state index contributed by atoms with van der Waals surface area (Å²) in [6, 6.07) is 0.696. The molecule has 2 aliphatic rings. The lowest BCUT2D eigenvalue weighted by Gasteiger charge is -2.24. The van der Waals surface area contributed by atoms with Crippen LogP contribution in [0.5, 0.6) is 0 Å². The smallest absolute Gasteiger partial charge is 0.148 e. The number of carbonyl (C=O) groups is 1. The highest BCUT2D eigenvalue weighted by atomic mass is 16.1. The van der Waals surface area contributed by atoms with Gasteiger partial charge in [-0.3, -0.25) is 9.69 Å². The highest BCUT2D eigenvalue weighted by Gasteiger charge is 2.36. The largest absolute Gasteiger partial charge is 0.298 e. The Balaban J connectivity index is 1.93. The van der Waals surface area contributed by atoms with E-state index < -0.39 is 0 Å². The topological polar surface area (TPSA) is 20.3 Å². The summed E-state index contributed by atoms with van der Waals surface area (Å²) in [7, 11) is 0. The molecule has 1 heterocycles. The van der Waals surface area contributed by atoms with E-state index in [4.69, 9.17) is 0 Å². The Morgan fingerprint density at radius 1 is 1.46 bits per heavy atom. The summed E-state index contributed by atoms with van der Waals surface area (Å²) in [5.74, 6) is 0.435. The van der Waals surface area contributed by atoms with Crippen LogP contribution < -0.4 is 0 Å². The van der Waals surface area contributed by atoms with E-state index in [2.05, 4.69) is 18.7 Å². The van der Waals surface area contributed by atoms with Gasteiger partial charge in [0.05, 0.1) is 6.54 Å². The maximum atomic E-state index is 11.1. The molecule has 0 aromatic heterocycles. The minimum absolute atomic E-state index is 0.435.